The molecule has 1 saturated heterocycles. The van der Waals surface area contributed by atoms with E-state index in [1.54, 1.807) is 6.07 Å². The van der Waals surface area contributed by atoms with Crippen LogP contribution in [0.1, 0.15) is 12.5 Å². The van der Waals surface area contributed by atoms with Crippen LogP contribution in [-0.4, -0.2) is 24.1 Å². The maximum atomic E-state index is 9.10. The first-order valence-corrected chi connectivity index (χ1v) is 6.69. The van der Waals surface area contributed by atoms with Crippen LogP contribution in [0.5, 0.6) is 0 Å². The third-order valence-electron chi connectivity index (χ3n) is 2.66. The molecule has 16 heavy (non-hydrogen) atoms. The Hall–Kier alpha value is -0.850. The number of nitrogens with zero attached hydrogens (tertiary/aromatic N) is 2. The van der Waals surface area contributed by atoms with Crippen LogP contribution in [0, 0.1) is 11.3 Å². The Bertz CT molecular complexity index is 428. The van der Waals surface area contributed by atoms with Crippen LogP contribution in [0.3, 0.4) is 0 Å². The number of hydrogen-bond acceptors (Lipinski definition) is 3. The SMILES string of the molecule is CC1CN(c2ccc(Cl)cc2C#N)CCS1. The van der Waals surface area contributed by atoms with Crippen molar-refractivity contribution in [3.8, 4) is 6.07 Å². The van der Waals surface area contributed by atoms with Crippen LogP contribution >= 0.6 is 23.4 Å². The summed E-state index contributed by atoms with van der Waals surface area (Å²) in [5.41, 5.74) is 1.69. The number of nitriles is 1. The minimum Gasteiger partial charge on any atom is -0.369 e. The van der Waals surface area contributed by atoms with Gasteiger partial charge in [-0.25, -0.2) is 0 Å². The van der Waals surface area contributed by atoms with Gasteiger partial charge in [-0.05, 0) is 18.2 Å². The normalized spacial score (nSPS) is 20.6. The zero-order valence-electron chi connectivity index (χ0n) is 9.11. The first-order valence-electron chi connectivity index (χ1n) is 5.27. The van der Waals surface area contributed by atoms with Crippen molar-refractivity contribution in [1.82, 2.24) is 0 Å². The van der Waals surface area contributed by atoms with Crippen molar-refractivity contribution in [3.63, 3.8) is 0 Å². The first-order chi connectivity index (χ1) is 7.70. The second kappa shape index (κ2) is 4.99. The minimum atomic E-state index is 0.621. The van der Waals surface area contributed by atoms with Gasteiger partial charge in [-0.3, -0.25) is 0 Å². The average Bonchev–Trinajstić information content (AvgIpc) is 2.28. The topological polar surface area (TPSA) is 27.0 Å². The summed E-state index contributed by atoms with van der Waals surface area (Å²) in [7, 11) is 0. The zero-order valence-corrected chi connectivity index (χ0v) is 10.7. The first kappa shape index (κ1) is 11.6. The van der Waals surface area contributed by atoms with Crippen LogP contribution in [0.25, 0.3) is 0 Å². The third-order valence-corrected chi connectivity index (χ3v) is 4.03. The minimum absolute atomic E-state index is 0.621. The van der Waals surface area contributed by atoms with Crippen molar-refractivity contribution in [2.24, 2.45) is 0 Å². The highest BCUT2D eigenvalue weighted by Gasteiger charge is 2.19. The van der Waals surface area contributed by atoms with Crippen molar-refractivity contribution >= 4 is 29.1 Å². The van der Waals surface area contributed by atoms with Crippen molar-refractivity contribution in [2.45, 2.75) is 12.2 Å². The molecular formula is C12H13ClN2S. The highest BCUT2D eigenvalue weighted by molar-refractivity contribution is 8.00. The highest BCUT2D eigenvalue weighted by atomic mass is 35.5. The molecule has 1 fully saturated rings. The fourth-order valence-electron chi connectivity index (χ4n) is 1.91. The van der Waals surface area contributed by atoms with Gasteiger partial charge in [0.2, 0.25) is 0 Å². The summed E-state index contributed by atoms with van der Waals surface area (Å²) in [4.78, 5) is 2.27. The lowest BCUT2D eigenvalue weighted by Gasteiger charge is -2.33. The average molecular weight is 253 g/mol. The molecule has 1 unspecified atom stereocenters. The molecule has 2 rings (SSSR count). The van der Waals surface area contributed by atoms with E-state index in [-0.39, 0.29) is 0 Å². The molecule has 2 nitrogen and oxygen atoms in total. The van der Waals surface area contributed by atoms with E-state index >= 15 is 0 Å². The molecule has 1 heterocycles. The van der Waals surface area contributed by atoms with E-state index in [1.807, 2.05) is 23.9 Å². The van der Waals surface area contributed by atoms with Gasteiger partial charge in [0.05, 0.1) is 11.3 Å². The lowest BCUT2D eigenvalue weighted by Crippen LogP contribution is -2.37. The summed E-state index contributed by atoms with van der Waals surface area (Å²) in [5, 5.41) is 10.3. The van der Waals surface area contributed by atoms with Gasteiger partial charge in [0.25, 0.3) is 0 Å². The van der Waals surface area contributed by atoms with Gasteiger partial charge >= 0.3 is 0 Å². The van der Waals surface area contributed by atoms with Gasteiger partial charge < -0.3 is 4.90 Å². The predicted octanol–water partition coefficient (Wildman–Crippen LogP) is 3.15. The second-order valence-electron chi connectivity index (χ2n) is 3.90. The van der Waals surface area contributed by atoms with E-state index in [0.29, 0.717) is 15.8 Å². The molecule has 1 aromatic carbocycles. The molecule has 1 aliphatic heterocycles. The number of anilines is 1. The molecule has 1 aromatic rings. The van der Waals surface area contributed by atoms with E-state index in [0.717, 1.165) is 24.5 Å². The Labute approximate surface area is 105 Å². The van der Waals surface area contributed by atoms with Gasteiger partial charge in [0.1, 0.15) is 6.07 Å². The molecule has 0 aliphatic carbocycles. The number of thioether (sulfide) groups is 1. The maximum absolute atomic E-state index is 9.10. The van der Waals surface area contributed by atoms with Crippen LogP contribution in [-0.2, 0) is 0 Å². The summed E-state index contributed by atoms with van der Waals surface area (Å²) in [6.07, 6.45) is 0. The van der Waals surface area contributed by atoms with Gasteiger partial charge in [-0.1, -0.05) is 18.5 Å². The van der Waals surface area contributed by atoms with Crippen LogP contribution in [0.4, 0.5) is 5.69 Å². The summed E-state index contributed by atoms with van der Waals surface area (Å²) in [6.45, 7) is 4.23. The summed E-state index contributed by atoms with van der Waals surface area (Å²) in [6, 6.07) is 7.75. The lowest BCUT2D eigenvalue weighted by molar-refractivity contribution is 0.782. The van der Waals surface area contributed by atoms with Gasteiger partial charge in [0, 0.05) is 29.1 Å². The van der Waals surface area contributed by atoms with E-state index in [9.17, 15) is 0 Å². The van der Waals surface area contributed by atoms with Crippen molar-refractivity contribution in [3.05, 3.63) is 28.8 Å². The second-order valence-corrected chi connectivity index (χ2v) is 5.88. The largest absolute Gasteiger partial charge is 0.369 e. The molecule has 1 atom stereocenters. The fraction of sp³-hybridized carbons (Fsp3) is 0.417. The standard InChI is InChI=1S/C12H13ClN2S/c1-9-8-15(4-5-16-9)12-3-2-11(13)6-10(12)7-14/h2-3,6,9H,4-5,8H2,1H3. The van der Waals surface area contributed by atoms with Gasteiger partial charge in [-0.15, -0.1) is 0 Å². The van der Waals surface area contributed by atoms with Crippen molar-refractivity contribution in [1.29, 1.82) is 5.26 Å². The Morgan fingerprint density at radius 2 is 2.38 bits per heavy atom. The summed E-state index contributed by atoms with van der Waals surface area (Å²) < 4.78 is 0. The lowest BCUT2D eigenvalue weighted by atomic mass is 10.1. The number of halogens is 1. The molecular weight excluding hydrogens is 240 g/mol. The Balaban J connectivity index is 2.29. The molecule has 0 spiro atoms. The Kier molecular flexibility index (Phi) is 3.63. The number of benzene rings is 1. The molecule has 4 heteroatoms. The molecule has 0 amide bonds. The molecule has 0 bridgehead atoms. The molecule has 84 valence electrons. The fourth-order valence-corrected chi connectivity index (χ4v) is 3.10. The van der Waals surface area contributed by atoms with E-state index in [2.05, 4.69) is 17.9 Å². The van der Waals surface area contributed by atoms with Gasteiger partial charge in [0.15, 0.2) is 0 Å². The van der Waals surface area contributed by atoms with Crippen LogP contribution in [0.15, 0.2) is 18.2 Å². The molecule has 0 aromatic heterocycles. The summed E-state index contributed by atoms with van der Waals surface area (Å²) >= 11 is 7.87. The van der Waals surface area contributed by atoms with Gasteiger partial charge in [-0.2, -0.15) is 17.0 Å². The van der Waals surface area contributed by atoms with Crippen molar-refractivity contribution in [2.75, 3.05) is 23.7 Å². The number of rotatable bonds is 1. The molecule has 0 radical (unpaired) electrons. The van der Waals surface area contributed by atoms with E-state index < -0.39 is 0 Å². The monoisotopic (exact) mass is 252 g/mol. The molecule has 0 saturated carbocycles. The van der Waals surface area contributed by atoms with Crippen LogP contribution < -0.4 is 4.90 Å². The van der Waals surface area contributed by atoms with E-state index in [1.165, 1.54) is 0 Å². The van der Waals surface area contributed by atoms with Crippen molar-refractivity contribution < 1.29 is 0 Å². The highest BCUT2D eigenvalue weighted by Crippen LogP contribution is 2.28. The maximum Gasteiger partial charge on any atom is 0.101 e. The Morgan fingerprint density at radius 1 is 1.56 bits per heavy atom. The number of hydrogen-bond donors (Lipinski definition) is 0. The smallest absolute Gasteiger partial charge is 0.101 e. The quantitative estimate of drug-likeness (QED) is 0.768. The Morgan fingerprint density at radius 3 is 3.06 bits per heavy atom. The molecule has 1 aliphatic rings. The predicted molar refractivity (Wildman–Crippen MR) is 70.3 cm³/mol. The zero-order chi connectivity index (χ0) is 11.5. The third kappa shape index (κ3) is 2.45. The van der Waals surface area contributed by atoms with E-state index in [4.69, 9.17) is 16.9 Å². The summed E-state index contributed by atoms with van der Waals surface area (Å²) in [5.74, 6) is 1.12. The van der Waals surface area contributed by atoms with Crippen LogP contribution in [0.2, 0.25) is 5.02 Å². The molecule has 0 N–H and O–H groups in total.